The molecular weight excluding hydrogens is 457 g/mol. The molecule has 0 spiro atoms. The van der Waals surface area contributed by atoms with E-state index in [0.717, 1.165) is 76.9 Å². The highest BCUT2D eigenvalue weighted by atomic mass is 127. The van der Waals surface area contributed by atoms with Crippen molar-refractivity contribution in [3.63, 3.8) is 0 Å². The minimum absolute atomic E-state index is 0. The van der Waals surface area contributed by atoms with Gasteiger partial charge in [-0.2, -0.15) is 0 Å². The molecule has 2 rings (SSSR count). The van der Waals surface area contributed by atoms with Gasteiger partial charge in [-0.25, -0.2) is 0 Å². The maximum Gasteiger partial charge on any atom is 0.190 e. The van der Waals surface area contributed by atoms with Gasteiger partial charge in [0.1, 0.15) is 5.75 Å². The second-order valence-electron chi connectivity index (χ2n) is 6.47. The number of rotatable bonds is 10. The minimum atomic E-state index is 0. The van der Waals surface area contributed by atoms with Crippen LogP contribution in [0.5, 0.6) is 5.75 Å². The van der Waals surface area contributed by atoms with Crippen molar-refractivity contribution < 1.29 is 14.2 Å². The molecule has 0 saturated carbocycles. The first kappa shape index (κ1) is 24.0. The Bertz CT molecular complexity index is 537. The first-order chi connectivity index (χ1) is 12.8. The van der Waals surface area contributed by atoms with Gasteiger partial charge in [0.2, 0.25) is 0 Å². The van der Waals surface area contributed by atoms with Gasteiger partial charge < -0.3 is 24.8 Å². The lowest BCUT2D eigenvalue weighted by Crippen LogP contribution is -2.39. The van der Waals surface area contributed by atoms with Crippen LogP contribution in [0, 0.1) is 5.92 Å². The summed E-state index contributed by atoms with van der Waals surface area (Å²) in [4.78, 5) is 4.26. The van der Waals surface area contributed by atoms with Gasteiger partial charge in [0.05, 0.1) is 7.11 Å². The van der Waals surface area contributed by atoms with Crippen molar-refractivity contribution in [2.75, 3.05) is 53.7 Å². The molecule has 0 unspecified atom stereocenters. The van der Waals surface area contributed by atoms with E-state index in [2.05, 4.69) is 21.7 Å². The highest BCUT2D eigenvalue weighted by Gasteiger charge is 2.13. The predicted octanol–water partition coefficient (Wildman–Crippen LogP) is 2.85. The topological polar surface area (TPSA) is 64.1 Å². The molecule has 0 radical (unpaired) electrons. The van der Waals surface area contributed by atoms with E-state index in [1.807, 2.05) is 18.2 Å². The largest absolute Gasteiger partial charge is 0.496 e. The Morgan fingerprint density at radius 2 is 1.93 bits per heavy atom. The van der Waals surface area contributed by atoms with Crippen molar-refractivity contribution in [2.45, 2.75) is 25.7 Å². The summed E-state index contributed by atoms with van der Waals surface area (Å²) in [5.41, 5.74) is 1.19. The predicted molar refractivity (Wildman–Crippen MR) is 120 cm³/mol. The van der Waals surface area contributed by atoms with E-state index in [9.17, 15) is 0 Å². The summed E-state index contributed by atoms with van der Waals surface area (Å²) in [6, 6.07) is 8.10. The third-order valence-electron chi connectivity index (χ3n) is 4.56. The van der Waals surface area contributed by atoms with Crippen LogP contribution in [0.15, 0.2) is 29.3 Å². The number of aliphatic imine (C=N–C) groups is 1. The summed E-state index contributed by atoms with van der Waals surface area (Å²) in [6.07, 6.45) is 4.11. The molecule has 1 heterocycles. The normalized spacial score (nSPS) is 15.1. The van der Waals surface area contributed by atoms with E-state index in [1.165, 1.54) is 5.56 Å². The number of benzene rings is 1. The molecule has 2 N–H and O–H groups in total. The zero-order valence-corrected chi connectivity index (χ0v) is 18.9. The average Bonchev–Trinajstić information content (AvgIpc) is 2.70. The Kier molecular flexibility index (Phi) is 13.3. The number of nitrogens with zero attached hydrogens (tertiary/aromatic N) is 1. The number of guanidine groups is 1. The monoisotopic (exact) mass is 491 g/mol. The fourth-order valence-electron chi connectivity index (χ4n) is 2.99. The van der Waals surface area contributed by atoms with Gasteiger partial charge in [-0.3, -0.25) is 4.99 Å². The summed E-state index contributed by atoms with van der Waals surface area (Å²) in [5, 5.41) is 6.67. The van der Waals surface area contributed by atoms with Crippen LogP contribution in [0.1, 0.15) is 24.8 Å². The fraction of sp³-hybridized carbons (Fsp3) is 0.650. The SMILES string of the molecule is CN=C(NCCCOCC1CCOCC1)NCCc1ccccc1OC.I. The first-order valence-corrected chi connectivity index (χ1v) is 9.55. The Morgan fingerprint density at radius 3 is 2.67 bits per heavy atom. The lowest BCUT2D eigenvalue weighted by atomic mass is 10.0. The van der Waals surface area contributed by atoms with Gasteiger partial charge in [-0.1, -0.05) is 18.2 Å². The van der Waals surface area contributed by atoms with Crippen LogP contribution < -0.4 is 15.4 Å². The van der Waals surface area contributed by atoms with E-state index in [1.54, 1.807) is 14.2 Å². The van der Waals surface area contributed by atoms with Crippen LogP contribution in [0.4, 0.5) is 0 Å². The van der Waals surface area contributed by atoms with Gasteiger partial charge in [0, 0.05) is 46.6 Å². The molecule has 1 saturated heterocycles. The molecule has 7 heteroatoms. The van der Waals surface area contributed by atoms with Gasteiger partial charge >= 0.3 is 0 Å². The van der Waals surface area contributed by atoms with Crippen LogP contribution in [0.25, 0.3) is 0 Å². The maximum absolute atomic E-state index is 5.78. The molecule has 1 aromatic rings. The second-order valence-corrected chi connectivity index (χ2v) is 6.47. The zero-order valence-electron chi connectivity index (χ0n) is 16.5. The van der Waals surface area contributed by atoms with Gasteiger partial charge in [0.25, 0.3) is 0 Å². The van der Waals surface area contributed by atoms with E-state index < -0.39 is 0 Å². The fourth-order valence-corrected chi connectivity index (χ4v) is 2.99. The quantitative estimate of drug-likeness (QED) is 0.228. The Morgan fingerprint density at radius 1 is 1.19 bits per heavy atom. The number of para-hydroxylation sites is 1. The van der Waals surface area contributed by atoms with Gasteiger partial charge in [-0.05, 0) is 43.2 Å². The smallest absolute Gasteiger partial charge is 0.190 e. The van der Waals surface area contributed by atoms with Gasteiger partial charge in [-0.15, -0.1) is 24.0 Å². The minimum Gasteiger partial charge on any atom is -0.496 e. The molecule has 1 fully saturated rings. The number of methoxy groups -OCH3 is 1. The molecule has 1 aromatic carbocycles. The van der Waals surface area contributed by atoms with E-state index in [0.29, 0.717) is 5.92 Å². The average molecular weight is 491 g/mol. The van der Waals surface area contributed by atoms with E-state index in [-0.39, 0.29) is 24.0 Å². The number of halogens is 1. The summed E-state index contributed by atoms with van der Waals surface area (Å²) in [6.45, 7) is 5.05. The van der Waals surface area contributed by atoms with Crippen molar-refractivity contribution >= 4 is 29.9 Å². The highest BCUT2D eigenvalue weighted by Crippen LogP contribution is 2.17. The van der Waals surface area contributed by atoms with Crippen LogP contribution in [0.3, 0.4) is 0 Å². The van der Waals surface area contributed by atoms with E-state index in [4.69, 9.17) is 14.2 Å². The third-order valence-corrected chi connectivity index (χ3v) is 4.56. The summed E-state index contributed by atoms with van der Waals surface area (Å²) in [7, 11) is 3.50. The van der Waals surface area contributed by atoms with E-state index >= 15 is 0 Å². The number of nitrogens with one attached hydrogen (secondary N) is 2. The molecule has 0 aromatic heterocycles. The number of hydrogen-bond donors (Lipinski definition) is 2. The Balaban J connectivity index is 0.00000364. The molecule has 0 atom stereocenters. The highest BCUT2D eigenvalue weighted by molar-refractivity contribution is 14.0. The lowest BCUT2D eigenvalue weighted by Gasteiger charge is -2.21. The van der Waals surface area contributed by atoms with Crippen molar-refractivity contribution in [1.29, 1.82) is 0 Å². The molecule has 6 nitrogen and oxygen atoms in total. The lowest BCUT2D eigenvalue weighted by molar-refractivity contribution is 0.0203. The molecule has 1 aliphatic rings. The molecular formula is C20H34IN3O3. The van der Waals surface area contributed by atoms with Crippen molar-refractivity contribution in [2.24, 2.45) is 10.9 Å². The molecule has 0 amide bonds. The van der Waals surface area contributed by atoms with Crippen molar-refractivity contribution in [3.8, 4) is 5.75 Å². The molecule has 1 aliphatic heterocycles. The molecule has 0 bridgehead atoms. The standard InChI is InChI=1S/C20H33N3O3.HI/c1-21-20(23-12-8-18-6-3-4-7-19(18)24-2)22-11-5-13-26-16-17-9-14-25-15-10-17;/h3-4,6-7,17H,5,8-16H2,1-2H3,(H2,21,22,23);1H. The third kappa shape index (κ3) is 9.62. The van der Waals surface area contributed by atoms with Crippen LogP contribution in [-0.4, -0.2) is 59.6 Å². The molecule has 154 valence electrons. The maximum atomic E-state index is 5.78. The van der Waals surface area contributed by atoms with Crippen molar-refractivity contribution in [1.82, 2.24) is 10.6 Å². The van der Waals surface area contributed by atoms with Gasteiger partial charge in [0.15, 0.2) is 5.96 Å². The molecule has 27 heavy (non-hydrogen) atoms. The second kappa shape index (κ2) is 14.9. The Labute approximate surface area is 180 Å². The number of hydrogen-bond acceptors (Lipinski definition) is 4. The van der Waals surface area contributed by atoms with Crippen molar-refractivity contribution in [3.05, 3.63) is 29.8 Å². The molecule has 0 aliphatic carbocycles. The van der Waals surface area contributed by atoms with Crippen LogP contribution in [-0.2, 0) is 15.9 Å². The number of ether oxygens (including phenoxy) is 3. The van der Waals surface area contributed by atoms with Crippen LogP contribution in [0.2, 0.25) is 0 Å². The summed E-state index contributed by atoms with van der Waals surface area (Å²) < 4.78 is 16.5. The zero-order chi connectivity index (χ0) is 18.5. The summed E-state index contributed by atoms with van der Waals surface area (Å²) in [5.74, 6) is 2.42. The first-order valence-electron chi connectivity index (χ1n) is 9.55. The van der Waals surface area contributed by atoms with Crippen LogP contribution >= 0.6 is 24.0 Å². The Hall–Kier alpha value is -1.06. The summed E-state index contributed by atoms with van der Waals surface area (Å²) >= 11 is 0.